The van der Waals surface area contributed by atoms with Gasteiger partial charge in [-0.25, -0.2) is 4.39 Å². The first-order chi connectivity index (χ1) is 16.5. The molecule has 0 bridgehead atoms. The number of benzene rings is 2. The van der Waals surface area contributed by atoms with Crippen LogP contribution in [-0.2, 0) is 11.2 Å². The minimum Gasteiger partial charge on any atom is -0.338 e. The van der Waals surface area contributed by atoms with Crippen molar-refractivity contribution in [3.8, 4) is 0 Å². The topological polar surface area (TPSA) is 43.9 Å². The van der Waals surface area contributed by atoms with Gasteiger partial charge >= 0.3 is 0 Å². The van der Waals surface area contributed by atoms with Gasteiger partial charge in [0.05, 0.1) is 12.6 Å². The molecule has 2 aliphatic rings. The van der Waals surface area contributed by atoms with Crippen molar-refractivity contribution in [2.75, 3.05) is 39.3 Å². The van der Waals surface area contributed by atoms with Crippen molar-refractivity contribution in [3.63, 3.8) is 0 Å². The summed E-state index contributed by atoms with van der Waals surface area (Å²) in [5.41, 5.74) is 2.68. The highest BCUT2D eigenvalue weighted by Gasteiger charge is 2.33. The third-order valence-electron chi connectivity index (χ3n) is 6.56. The summed E-state index contributed by atoms with van der Waals surface area (Å²) in [7, 11) is 0. The number of rotatable bonds is 4. The molecule has 3 heterocycles. The highest BCUT2D eigenvalue weighted by atomic mass is 79.9. The fourth-order valence-electron chi connectivity index (χ4n) is 4.84. The highest BCUT2D eigenvalue weighted by Crippen LogP contribution is 2.37. The molecule has 0 saturated carbocycles. The van der Waals surface area contributed by atoms with Crippen LogP contribution >= 0.6 is 27.3 Å². The van der Waals surface area contributed by atoms with Gasteiger partial charge in [0.15, 0.2) is 0 Å². The van der Waals surface area contributed by atoms with Gasteiger partial charge in [-0.3, -0.25) is 14.5 Å². The molecule has 1 atom stereocenters. The molecular formula is C26H25BrFN3O2S. The number of thiophene rings is 1. The van der Waals surface area contributed by atoms with Crippen LogP contribution in [0.15, 0.2) is 64.5 Å². The molecule has 3 aromatic rings. The average Bonchev–Trinajstić information content (AvgIpc) is 3.32. The number of halogens is 2. The maximum atomic E-state index is 14.0. The first kappa shape index (κ1) is 23.2. The SMILES string of the molecule is O=C(CN1CCc2sccc2[C@H]1c1cccc(F)c1)N1CCN(C(=O)c2cccc(Br)c2)CC1. The molecule has 1 aromatic heterocycles. The predicted molar refractivity (Wildman–Crippen MR) is 134 cm³/mol. The van der Waals surface area contributed by atoms with Gasteiger partial charge < -0.3 is 9.80 Å². The Hall–Kier alpha value is -2.55. The fraction of sp³-hybridized carbons (Fsp3) is 0.308. The molecule has 0 unspecified atom stereocenters. The molecule has 5 nitrogen and oxygen atoms in total. The largest absolute Gasteiger partial charge is 0.338 e. The number of amides is 2. The lowest BCUT2D eigenvalue weighted by molar-refractivity contribution is -0.134. The van der Waals surface area contributed by atoms with Crippen molar-refractivity contribution in [2.24, 2.45) is 0 Å². The summed E-state index contributed by atoms with van der Waals surface area (Å²) in [6.07, 6.45) is 0.890. The Kier molecular flexibility index (Phi) is 6.81. The lowest BCUT2D eigenvalue weighted by Gasteiger charge is -2.39. The van der Waals surface area contributed by atoms with E-state index in [1.54, 1.807) is 28.4 Å². The summed E-state index contributed by atoms with van der Waals surface area (Å²) in [4.78, 5) is 33.2. The smallest absolute Gasteiger partial charge is 0.254 e. The van der Waals surface area contributed by atoms with Gasteiger partial charge in [-0.1, -0.05) is 34.1 Å². The standard InChI is InChI=1S/C26H25BrFN3O2S/c27-20-5-1-4-19(15-20)26(33)30-12-10-29(11-13-30)24(32)17-31-9-7-23-22(8-14-34-23)25(31)18-3-2-6-21(28)16-18/h1-6,8,14-16,25H,7,9-13,17H2/t25-/m1/s1. The first-order valence-corrected chi connectivity index (χ1v) is 13.1. The van der Waals surface area contributed by atoms with E-state index in [1.807, 2.05) is 35.2 Å². The summed E-state index contributed by atoms with van der Waals surface area (Å²) >= 11 is 5.14. The molecule has 2 aromatic carbocycles. The summed E-state index contributed by atoms with van der Waals surface area (Å²) in [6.45, 7) is 3.08. The van der Waals surface area contributed by atoms with E-state index in [-0.39, 0.29) is 30.2 Å². The maximum absolute atomic E-state index is 14.0. The van der Waals surface area contributed by atoms with Gasteiger partial charge in [0.2, 0.25) is 5.91 Å². The minimum atomic E-state index is -0.266. The summed E-state index contributed by atoms with van der Waals surface area (Å²) in [6, 6.07) is 16.0. The number of carbonyl (C=O) groups is 2. The second-order valence-corrected chi connectivity index (χ2v) is 10.6. The quantitative estimate of drug-likeness (QED) is 0.485. The Morgan fingerprint density at radius 3 is 2.50 bits per heavy atom. The van der Waals surface area contributed by atoms with Crippen LogP contribution in [0.4, 0.5) is 4.39 Å². The minimum absolute atomic E-state index is 0.0133. The second kappa shape index (κ2) is 9.98. The zero-order chi connectivity index (χ0) is 23.7. The highest BCUT2D eigenvalue weighted by molar-refractivity contribution is 9.10. The van der Waals surface area contributed by atoms with Crippen LogP contribution in [0.2, 0.25) is 0 Å². The van der Waals surface area contributed by atoms with Crippen molar-refractivity contribution in [1.29, 1.82) is 0 Å². The Bertz CT molecular complexity index is 1210. The Morgan fingerprint density at radius 2 is 1.74 bits per heavy atom. The molecule has 0 spiro atoms. The van der Waals surface area contributed by atoms with Crippen molar-refractivity contribution >= 4 is 39.1 Å². The summed E-state index contributed by atoms with van der Waals surface area (Å²) < 4.78 is 14.9. The maximum Gasteiger partial charge on any atom is 0.254 e. The molecule has 5 rings (SSSR count). The number of piperazine rings is 1. The number of fused-ring (bicyclic) bond motifs is 1. The summed E-state index contributed by atoms with van der Waals surface area (Å²) in [5.74, 6) is -0.229. The van der Waals surface area contributed by atoms with Gasteiger partial charge in [-0.05, 0) is 59.3 Å². The van der Waals surface area contributed by atoms with E-state index >= 15 is 0 Å². The Balaban J connectivity index is 1.25. The third-order valence-corrected chi connectivity index (χ3v) is 8.05. The Labute approximate surface area is 210 Å². The van der Waals surface area contributed by atoms with Gasteiger partial charge in [-0.15, -0.1) is 11.3 Å². The lowest BCUT2D eigenvalue weighted by Crippen LogP contribution is -2.53. The molecule has 1 fully saturated rings. The summed E-state index contributed by atoms with van der Waals surface area (Å²) in [5, 5.41) is 2.07. The lowest BCUT2D eigenvalue weighted by atomic mass is 9.93. The van der Waals surface area contributed by atoms with E-state index in [4.69, 9.17) is 0 Å². The molecule has 34 heavy (non-hydrogen) atoms. The monoisotopic (exact) mass is 541 g/mol. The zero-order valence-corrected chi connectivity index (χ0v) is 21.0. The number of nitrogens with zero attached hydrogens (tertiary/aromatic N) is 3. The van der Waals surface area contributed by atoms with Crippen molar-refractivity contribution in [1.82, 2.24) is 14.7 Å². The zero-order valence-electron chi connectivity index (χ0n) is 18.6. The van der Waals surface area contributed by atoms with Gasteiger partial charge in [-0.2, -0.15) is 0 Å². The predicted octanol–water partition coefficient (Wildman–Crippen LogP) is 4.58. The van der Waals surface area contributed by atoms with Crippen LogP contribution < -0.4 is 0 Å². The van der Waals surface area contributed by atoms with Crippen LogP contribution in [-0.4, -0.2) is 65.8 Å². The van der Waals surface area contributed by atoms with Crippen LogP contribution in [0.3, 0.4) is 0 Å². The van der Waals surface area contributed by atoms with Crippen molar-refractivity contribution in [3.05, 3.63) is 91.8 Å². The fourth-order valence-corrected chi connectivity index (χ4v) is 6.15. The molecular weight excluding hydrogens is 517 g/mol. The normalized spacial score (nSPS) is 18.6. The molecule has 8 heteroatoms. The third kappa shape index (κ3) is 4.80. The van der Waals surface area contributed by atoms with E-state index in [2.05, 4.69) is 32.3 Å². The molecule has 2 amide bonds. The molecule has 176 valence electrons. The molecule has 2 aliphatic heterocycles. The molecule has 0 aliphatic carbocycles. The van der Waals surface area contributed by atoms with E-state index < -0.39 is 0 Å². The van der Waals surface area contributed by atoms with E-state index in [1.165, 1.54) is 16.5 Å². The number of carbonyl (C=O) groups excluding carboxylic acids is 2. The van der Waals surface area contributed by atoms with E-state index in [0.29, 0.717) is 31.7 Å². The van der Waals surface area contributed by atoms with E-state index in [0.717, 1.165) is 23.0 Å². The second-order valence-electron chi connectivity index (χ2n) is 8.66. The van der Waals surface area contributed by atoms with Crippen LogP contribution in [0.5, 0.6) is 0 Å². The van der Waals surface area contributed by atoms with Gasteiger partial charge in [0, 0.05) is 47.6 Å². The van der Waals surface area contributed by atoms with Crippen molar-refractivity contribution in [2.45, 2.75) is 12.5 Å². The van der Waals surface area contributed by atoms with E-state index in [9.17, 15) is 14.0 Å². The average molecular weight is 542 g/mol. The molecule has 0 N–H and O–H groups in total. The molecule has 0 radical (unpaired) electrons. The number of hydrogen-bond donors (Lipinski definition) is 0. The van der Waals surface area contributed by atoms with Gasteiger partial charge in [0.25, 0.3) is 5.91 Å². The number of hydrogen-bond acceptors (Lipinski definition) is 4. The van der Waals surface area contributed by atoms with Crippen molar-refractivity contribution < 1.29 is 14.0 Å². The van der Waals surface area contributed by atoms with Crippen LogP contribution in [0, 0.1) is 5.82 Å². The molecule has 1 saturated heterocycles. The van der Waals surface area contributed by atoms with Crippen LogP contribution in [0.25, 0.3) is 0 Å². The first-order valence-electron chi connectivity index (χ1n) is 11.4. The van der Waals surface area contributed by atoms with Crippen LogP contribution in [0.1, 0.15) is 32.4 Å². The Morgan fingerprint density at radius 1 is 0.971 bits per heavy atom. The van der Waals surface area contributed by atoms with Gasteiger partial charge in [0.1, 0.15) is 5.82 Å².